The van der Waals surface area contributed by atoms with Crippen molar-refractivity contribution in [3.8, 4) is 0 Å². The minimum absolute atomic E-state index is 0.799. The van der Waals surface area contributed by atoms with Crippen molar-refractivity contribution in [2.45, 2.75) is 11.9 Å². The summed E-state index contributed by atoms with van der Waals surface area (Å²) in [6.45, 7) is 2.06. The quantitative estimate of drug-likeness (QED) is 0.610. The molecule has 0 spiro atoms. The van der Waals surface area contributed by atoms with Crippen LogP contribution in [0.2, 0.25) is 0 Å². The lowest BCUT2D eigenvalue weighted by molar-refractivity contribution is -0.131. The van der Waals surface area contributed by atoms with Crippen LogP contribution in [0.15, 0.2) is 29.4 Å². The molecule has 0 saturated carbocycles. The van der Waals surface area contributed by atoms with E-state index < -0.39 is 5.97 Å². The van der Waals surface area contributed by atoms with Crippen molar-refractivity contribution >= 4 is 23.8 Å². The predicted molar refractivity (Wildman–Crippen MR) is 57.3 cm³/mol. The molecule has 3 nitrogen and oxygen atoms in total. The van der Waals surface area contributed by atoms with Crippen LogP contribution in [-0.2, 0) is 4.79 Å². The van der Waals surface area contributed by atoms with E-state index in [9.17, 15) is 4.79 Å². The fourth-order valence-corrected chi connectivity index (χ4v) is 1.48. The largest absolute Gasteiger partial charge is 0.478 e. The van der Waals surface area contributed by atoms with Gasteiger partial charge in [0.15, 0.2) is 0 Å². The van der Waals surface area contributed by atoms with E-state index in [0.29, 0.717) is 0 Å². The highest BCUT2D eigenvalue weighted by Gasteiger charge is 1.93. The van der Waals surface area contributed by atoms with E-state index in [2.05, 4.69) is 11.9 Å². The molecule has 0 amide bonds. The first-order chi connectivity index (χ1) is 6.72. The highest BCUT2D eigenvalue weighted by atomic mass is 32.2. The second-order valence-electron chi connectivity index (χ2n) is 2.53. The van der Waals surface area contributed by atoms with E-state index in [1.54, 1.807) is 18.0 Å². The second-order valence-corrected chi connectivity index (χ2v) is 3.82. The van der Waals surface area contributed by atoms with Crippen LogP contribution in [0.25, 0.3) is 6.08 Å². The Balaban J connectivity index is 2.68. The Morgan fingerprint density at radius 2 is 2.43 bits per heavy atom. The second kappa shape index (κ2) is 5.44. The summed E-state index contributed by atoms with van der Waals surface area (Å²) in [6, 6.07) is 3.74. The van der Waals surface area contributed by atoms with Crippen molar-refractivity contribution in [1.82, 2.24) is 4.98 Å². The molecule has 0 bridgehead atoms. The highest BCUT2D eigenvalue weighted by molar-refractivity contribution is 7.99. The predicted octanol–water partition coefficient (Wildman–Crippen LogP) is 2.29. The number of aromatic nitrogens is 1. The molecule has 0 aliphatic carbocycles. The molecule has 0 radical (unpaired) electrons. The summed E-state index contributed by atoms with van der Waals surface area (Å²) in [5.41, 5.74) is 0.799. The van der Waals surface area contributed by atoms with E-state index >= 15 is 0 Å². The van der Waals surface area contributed by atoms with Gasteiger partial charge < -0.3 is 5.11 Å². The lowest BCUT2D eigenvalue weighted by Crippen LogP contribution is -1.86. The van der Waals surface area contributed by atoms with Gasteiger partial charge in [0.05, 0.1) is 5.03 Å². The molecular formula is C10H11NO2S. The van der Waals surface area contributed by atoms with E-state index in [4.69, 9.17) is 5.11 Å². The molecule has 0 fully saturated rings. The molecule has 74 valence electrons. The van der Waals surface area contributed by atoms with Gasteiger partial charge in [-0.3, -0.25) is 0 Å². The molecule has 0 atom stereocenters. The number of hydrogen-bond donors (Lipinski definition) is 1. The molecule has 0 aliphatic rings. The van der Waals surface area contributed by atoms with Gasteiger partial charge in [0, 0.05) is 12.3 Å². The Hall–Kier alpha value is -1.29. The monoisotopic (exact) mass is 209 g/mol. The Labute approximate surface area is 86.9 Å². The normalized spacial score (nSPS) is 10.6. The van der Waals surface area contributed by atoms with Crippen LogP contribution in [-0.4, -0.2) is 21.8 Å². The standard InChI is InChI=1S/C10H11NO2S/c1-2-14-9-5-3-8(7-11-9)4-6-10(12)13/h3-7H,2H2,1H3,(H,12,13)/b6-4+. The van der Waals surface area contributed by atoms with Crippen LogP contribution in [0, 0.1) is 0 Å². The summed E-state index contributed by atoms with van der Waals surface area (Å²) in [4.78, 5) is 14.4. The van der Waals surface area contributed by atoms with Gasteiger partial charge in [0.1, 0.15) is 0 Å². The zero-order valence-electron chi connectivity index (χ0n) is 7.80. The number of hydrogen-bond acceptors (Lipinski definition) is 3. The SMILES string of the molecule is CCSc1ccc(/C=C/C(=O)O)cn1. The molecule has 1 aromatic rings. The van der Waals surface area contributed by atoms with Crippen LogP contribution in [0.3, 0.4) is 0 Å². The van der Waals surface area contributed by atoms with Crippen molar-refractivity contribution in [3.05, 3.63) is 30.0 Å². The highest BCUT2D eigenvalue weighted by Crippen LogP contribution is 2.14. The summed E-state index contributed by atoms with van der Waals surface area (Å²) in [5, 5.41) is 9.36. The minimum atomic E-state index is -0.947. The Kier molecular flexibility index (Phi) is 4.19. The van der Waals surface area contributed by atoms with Gasteiger partial charge >= 0.3 is 5.97 Å². The number of thioether (sulfide) groups is 1. The van der Waals surface area contributed by atoms with Gasteiger partial charge in [-0.2, -0.15) is 0 Å². The lowest BCUT2D eigenvalue weighted by atomic mass is 10.2. The van der Waals surface area contributed by atoms with Crippen LogP contribution in [0.4, 0.5) is 0 Å². The summed E-state index contributed by atoms with van der Waals surface area (Å²) in [5.74, 6) is 0.0362. The number of rotatable bonds is 4. The summed E-state index contributed by atoms with van der Waals surface area (Å²) in [6.07, 6.45) is 4.29. The van der Waals surface area contributed by atoms with E-state index in [0.717, 1.165) is 22.4 Å². The number of nitrogens with zero attached hydrogens (tertiary/aromatic N) is 1. The number of carboxylic acids is 1. The fourth-order valence-electron chi connectivity index (χ4n) is 0.891. The van der Waals surface area contributed by atoms with Crippen molar-refractivity contribution in [2.75, 3.05) is 5.75 Å². The molecule has 4 heteroatoms. The molecular weight excluding hydrogens is 198 g/mol. The molecule has 0 aromatic carbocycles. The summed E-state index contributed by atoms with van der Waals surface area (Å²) >= 11 is 1.66. The lowest BCUT2D eigenvalue weighted by Gasteiger charge is -1.97. The van der Waals surface area contributed by atoms with Crippen molar-refractivity contribution in [2.24, 2.45) is 0 Å². The smallest absolute Gasteiger partial charge is 0.328 e. The third-order valence-electron chi connectivity index (χ3n) is 1.47. The fraction of sp³-hybridized carbons (Fsp3) is 0.200. The maximum Gasteiger partial charge on any atom is 0.328 e. The third kappa shape index (κ3) is 3.62. The molecule has 0 aliphatic heterocycles. The van der Waals surface area contributed by atoms with Gasteiger partial charge in [-0.15, -0.1) is 11.8 Å². The Morgan fingerprint density at radius 3 is 2.93 bits per heavy atom. The molecule has 14 heavy (non-hydrogen) atoms. The maximum absolute atomic E-state index is 10.2. The number of pyridine rings is 1. The van der Waals surface area contributed by atoms with E-state index in [1.165, 1.54) is 6.08 Å². The Bertz CT molecular complexity index is 332. The number of carboxylic acid groups (broad SMARTS) is 1. The first-order valence-corrected chi connectivity index (χ1v) is 5.21. The van der Waals surface area contributed by atoms with Crippen LogP contribution < -0.4 is 0 Å². The zero-order valence-corrected chi connectivity index (χ0v) is 8.62. The van der Waals surface area contributed by atoms with Gasteiger partial charge in [0.25, 0.3) is 0 Å². The zero-order chi connectivity index (χ0) is 10.4. The topological polar surface area (TPSA) is 50.2 Å². The molecule has 0 unspecified atom stereocenters. The molecule has 1 N–H and O–H groups in total. The van der Waals surface area contributed by atoms with Gasteiger partial charge in [-0.25, -0.2) is 9.78 Å². The summed E-state index contributed by atoms with van der Waals surface area (Å²) in [7, 11) is 0. The first-order valence-electron chi connectivity index (χ1n) is 4.22. The van der Waals surface area contributed by atoms with Crippen LogP contribution in [0.1, 0.15) is 12.5 Å². The maximum atomic E-state index is 10.2. The average molecular weight is 209 g/mol. The first kappa shape index (κ1) is 10.8. The van der Waals surface area contributed by atoms with Gasteiger partial charge in [-0.05, 0) is 23.5 Å². The Morgan fingerprint density at radius 1 is 1.64 bits per heavy atom. The molecule has 0 saturated heterocycles. The molecule has 1 rings (SSSR count). The van der Waals surface area contributed by atoms with Crippen molar-refractivity contribution < 1.29 is 9.90 Å². The van der Waals surface area contributed by atoms with Crippen LogP contribution in [0.5, 0.6) is 0 Å². The summed E-state index contributed by atoms with van der Waals surface area (Å²) < 4.78 is 0. The van der Waals surface area contributed by atoms with E-state index in [-0.39, 0.29) is 0 Å². The van der Waals surface area contributed by atoms with Crippen molar-refractivity contribution in [1.29, 1.82) is 0 Å². The van der Waals surface area contributed by atoms with E-state index in [1.807, 2.05) is 12.1 Å². The number of aliphatic carboxylic acids is 1. The van der Waals surface area contributed by atoms with Crippen molar-refractivity contribution in [3.63, 3.8) is 0 Å². The van der Waals surface area contributed by atoms with Gasteiger partial charge in [-0.1, -0.05) is 13.0 Å². The molecule has 1 heterocycles. The average Bonchev–Trinajstić information content (AvgIpc) is 2.17. The van der Waals surface area contributed by atoms with Crippen LogP contribution >= 0.6 is 11.8 Å². The minimum Gasteiger partial charge on any atom is -0.478 e. The number of carbonyl (C=O) groups is 1. The van der Waals surface area contributed by atoms with Gasteiger partial charge in [0.2, 0.25) is 0 Å². The third-order valence-corrected chi connectivity index (χ3v) is 2.30. The molecule has 1 aromatic heterocycles.